The predicted molar refractivity (Wildman–Crippen MR) is 109 cm³/mol. The molecular formula is C20H33FN6. The molecule has 2 saturated heterocycles. The highest BCUT2D eigenvalue weighted by atomic mass is 19.1. The Morgan fingerprint density at radius 3 is 2.85 bits per heavy atom. The number of likely N-dealkylation sites (tertiary alicyclic amines) is 1. The van der Waals surface area contributed by atoms with Crippen LogP contribution in [0.25, 0.3) is 0 Å². The average molecular weight is 377 g/mol. The van der Waals surface area contributed by atoms with Crippen molar-refractivity contribution in [2.75, 3.05) is 51.2 Å². The van der Waals surface area contributed by atoms with Crippen LogP contribution in [-0.2, 0) is 0 Å². The van der Waals surface area contributed by atoms with Gasteiger partial charge in [-0.3, -0.25) is 4.99 Å². The molecule has 1 aromatic rings. The maximum atomic E-state index is 14.0. The third kappa shape index (κ3) is 5.79. The second-order valence-corrected chi connectivity index (χ2v) is 7.68. The van der Waals surface area contributed by atoms with Gasteiger partial charge in [-0.1, -0.05) is 0 Å². The fourth-order valence-electron chi connectivity index (χ4n) is 3.90. The highest BCUT2D eigenvalue weighted by Gasteiger charge is 2.26. The van der Waals surface area contributed by atoms with E-state index in [0.717, 1.165) is 50.9 Å². The molecule has 7 heteroatoms. The van der Waals surface area contributed by atoms with E-state index in [1.54, 1.807) is 12.3 Å². The molecule has 2 N–H and O–H groups in total. The molecule has 0 amide bonds. The van der Waals surface area contributed by atoms with Gasteiger partial charge in [-0.2, -0.15) is 0 Å². The van der Waals surface area contributed by atoms with E-state index >= 15 is 0 Å². The Labute approximate surface area is 162 Å². The number of aromatic nitrogens is 1. The van der Waals surface area contributed by atoms with Gasteiger partial charge >= 0.3 is 0 Å². The predicted octanol–water partition coefficient (Wildman–Crippen LogP) is 2.09. The molecule has 1 unspecified atom stereocenters. The summed E-state index contributed by atoms with van der Waals surface area (Å²) < 4.78 is 14.0. The smallest absolute Gasteiger partial charge is 0.191 e. The van der Waals surface area contributed by atoms with Crippen molar-refractivity contribution in [2.45, 2.75) is 38.6 Å². The lowest BCUT2D eigenvalue weighted by molar-refractivity contribution is 0.214. The molecule has 3 heterocycles. The first-order chi connectivity index (χ1) is 13.2. The van der Waals surface area contributed by atoms with Crippen LogP contribution in [0.15, 0.2) is 23.3 Å². The lowest BCUT2D eigenvalue weighted by Gasteiger charge is -2.28. The van der Waals surface area contributed by atoms with Crippen molar-refractivity contribution in [2.24, 2.45) is 10.9 Å². The Hall–Kier alpha value is -1.89. The number of halogens is 1. The largest absolute Gasteiger partial charge is 0.357 e. The van der Waals surface area contributed by atoms with Gasteiger partial charge in [0.1, 0.15) is 0 Å². The van der Waals surface area contributed by atoms with Gasteiger partial charge in [0.25, 0.3) is 0 Å². The first-order valence-electron chi connectivity index (χ1n) is 10.2. The minimum absolute atomic E-state index is 0.253. The molecule has 2 aliphatic rings. The molecule has 0 saturated carbocycles. The molecule has 0 aliphatic carbocycles. The summed E-state index contributed by atoms with van der Waals surface area (Å²) in [7, 11) is 2.20. The topological polar surface area (TPSA) is 55.8 Å². The summed E-state index contributed by atoms with van der Waals surface area (Å²) in [6.07, 6.45) is 6.32. The fraction of sp³-hybridized carbons (Fsp3) is 0.700. The van der Waals surface area contributed by atoms with Crippen LogP contribution in [-0.4, -0.2) is 68.2 Å². The quantitative estimate of drug-likeness (QED) is 0.588. The van der Waals surface area contributed by atoms with Crippen LogP contribution in [0.2, 0.25) is 0 Å². The maximum absolute atomic E-state index is 14.0. The molecule has 1 aromatic heterocycles. The maximum Gasteiger partial charge on any atom is 0.191 e. The van der Waals surface area contributed by atoms with E-state index in [2.05, 4.69) is 34.5 Å². The number of guanidine groups is 1. The Balaban J connectivity index is 1.48. The Morgan fingerprint density at radius 1 is 1.30 bits per heavy atom. The second kappa shape index (κ2) is 9.88. The lowest BCUT2D eigenvalue weighted by atomic mass is 9.94. The molecule has 2 aliphatic heterocycles. The van der Waals surface area contributed by atoms with E-state index in [0.29, 0.717) is 5.82 Å². The minimum atomic E-state index is -0.253. The zero-order chi connectivity index (χ0) is 19.1. The van der Waals surface area contributed by atoms with E-state index in [1.165, 1.54) is 32.0 Å². The molecule has 1 atom stereocenters. The summed E-state index contributed by atoms with van der Waals surface area (Å²) in [4.78, 5) is 13.4. The Bertz CT molecular complexity index is 614. The van der Waals surface area contributed by atoms with Gasteiger partial charge in [0, 0.05) is 38.4 Å². The molecule has 0 bridgehead atoms. The van der Waals surface area contributed by atoms with Gasteiger partial charge in [-0.15, -0.1) is 0 Å². The van der Waals surface area contributed by atoms with Crippen molar-refractivity contribution >= 4 is 11.8 Å². The normalized spacial score (nSPS) is 22.3. The molecular weight excluding hydrogens is 343 g/mol. The first-order valence-corrected chi connectivity index (χ1v) is 10.2. The number of anilines is 1. The SMILES string of the molecule is CCNC(=NCCC1CCN(C)CC1)NC1CCN(c2ncccc2F)C1. The minimum Gasteiger partial charge on any atom is -0.357 e. The van der Waals surface area contributed by atoms with E-state index in [1.807, 2.05) is 4.90 Å². The van der Waals surface area contributed by atoms with Gasteiger partial charge in [0.05, 0.1) is 0 Å². The molecule has 0 radical (unpaired) electrons. The van der Waals surface area contributed by atoms with Crippen molar-refractivity contribution in [3.63, 3.8) is 0 Å². The van der Waals surface area contributed by atoms with Crippen LogP contribution in [0.5, 0.6) is 0 Å². The van der Waals surface area contributed by atoms with Crippen molar-refractivity contribution in [3.8, 4) is 0 Å². The summed E-state index contributed by atoms with van der Waals surface area (Å²) in [6.45, 7) is 7.73. The highest BCUT2D eigenvalue weighted by molar-refractivity contribution is 5.80. The van der Waals surface area contributed by atoms with Gasteiger partial charge in [0.15, 0.2) is 17.6 Å². The zero-order valence-corrected chi connectivity index (χ0v) is 16.6. The van der Waals surface area contributed by atoms with Crippen LogP contribution in [0.3, 0.4) is 0 Å². The number of piperidine rings is 1. The van der Waals surface area contributed by atoms with Gasteiger partial charge in [0.2, 0.25) is 0 Å². The highest BCUT2D eigenvalue weighted by Crippen LogP contribution is 2.21. The van der Waals surface area contributed by atoms with Crippen LogP contribution in [0, 0.1) is 11.7 Å². The van der Waals surface area contributed by atoms with Crippen molar-refractivity contribution in [3.05, 3.63) is 24.1 Å². The Morgan fingerprint density at radius 2 is 2.11 bits per heavy atom. The second-order valence-electron chi connectivity index (χ2n) is 7.68. The van der Waals surface area contributed by atoms with E-state index in [-0.39, 0.29) is 11.9 Å². The van der Waals surface area contributed by atoms with Crippen molar-refractivity contribution in [1.82, 2.24) is 20.5 Å². The summed E-state index contributed by atoms with van der Waals surface area (Å²) in [5.74, 6) is 1.86. The Kier molecular flexibility index (Phi) is 7.26. The number of hydrogen-bond acceptors (Lipinski definition) is 4. The van der Waals surface area contributed by atoms with Gasteiger partial charge < -0.3 is 20.4 Å². The molecule has 6 nitrogen and oxygen atoms in total. The molecule has 3 rings (SSSR count). The molecule has 150 valence electrons. The van der Waals surface area contributed by atoms with Crippen molar-refractivity contribution in [1.29, 1.82) is 0 Å². The summed E-state index contributed by atoms with van der Waals surface area (Å²) in [5, 5.41) is 6.86. The number of rotatable bonds is 6. The zero-order valence-electron chi connectivity index (χ0n) is 16.6. The molecule has 27 heavy (non-hydrogen) atoms. The molecule has 0 aromatic carbocycles. The number of aliphatic imine (C=N–C) groups is 1. The number of nitrogens with zero attached hydrogens (tertiary/aromatic N) is 4. The van der Waals surface area contributed by atoms with E-state index < -0.39 is 0 Å². The van der Waals surface area contributed by atoms with E-state index in [4.69, 9.17) is 4.99 Å². The third-order valence-electron chi connectivity index (χ3n) is 5.56. The summed E-state index contributed by atoms with van der Waals surface area (Å²) in [5.41, 5.74) is 0. The van der Waals surface area contributed by atoms with Gasteiger partial charge in [-0.05, 0) is 70.8 Å². The summed E-state index contributed by atoms with van der Waals surface area (Å²) in [6, 6.07) is 3.36. The van der Waals surface area contributed by atoms with Gasteiger partial charge in [-0.25, -0.2) is 9.37 Å². The average Bonchev–Trinajstić information content (AvgIpc) is 3.12. The first kappa shape index (κ1) is 19.9. The number of nitrogens with one attached hydrogen (secondary N) is 2. The lowest BCUT2D eigenvalue weighted by Crippen LogP contribution is -2.44. The monoisotopic (exact) mass is 376 g/mol. The van der Waals surface area contributed by atoms with Crippen LogP contribution in [0.4, 0.5) is 10.2 Å². The molecule has 2 fully saturated rings. The fourth-order valence-corrected chi connectivity index (χ4v) is 3.90. The van der Waals surface area contributed by atoms with Crippen molar-refractivity contribution < 1.29 is 4.39 Å². The third-order valence-corrected chi connectivity index (χ3v) is 5.56. The molecule has 0 spiro atoms. The standard InChI is InChI=1S/C20H33FN6/c1-3-22-20(24-11-6-16-7-12-26(2)13-8-16)25-17-9-14-27(15-17)19-18(21)5-4-10-23-19/h4-5,10,16-17H,3,6-9,11-15H2,1-2H3,(H2,22,24,25). The van der Waals surface area contributed by atoms with Crippen LogP contribution >= 0.6 is 0 Å². The van der Waals surface area contributed by atoms with Crippen LogP contribution < -0.4 is 15.5 Å². The number of hydrogen-bond donors (Lipinski definition) is 2. The van der Waals surface area contributed by atoms with E-state index in [9.17, 15) is 4.39 Å². The summed E-state index contributed by atoms with van der Waals surface area (Å²) >= 11 is 0. The van der Waals surface area contributed by atoms with Crippen LogP contribution in [0.1, 0.15) is 32.6 Å². The number of pyridine rings is 1.